The average molecular weight is 223 g/mol. The van der Waals surface area contributed by atoms with Gasteiger partial charge in [0.1, 0.15) is 0 Å². The number of likely N-dealkylation sites (tertiary alicyclic amines) is 1. The van der Waals surface area contributed by atoms with E-state index >= 15 is 0 Å². The van der Waals surface area contributed by atoms with E-state index < -0.39 is 0 Å². The van der Waals surface area contributed by atoms with Gasteiger partial charge in [0.05, 0.1) is 0 Å². The van der Waals surface area contributed by atoms with Gasteiger partial charge in [0, 0.05) is 6.04 Å². The SMILES string of the molecule is CC(C)C[C@@H]1C[C@@H]1C1CCN(C(C)C)CC1. The molecule has 2 fully saturated rings. The van der Waals surface area contributed by atoms with Crippen LogP contribution in [0.2, 0.25) is 0 Å². The maximum atomic E-state index is 2.65. The third-order valence-corrected chi connectivity index (χ3v) is 4.66. The Morgan fingerprint density at radius 3 is 2.19 bits per heavy atom. The van der Waals surface area contributed by atoms with E-state index in [-0.39, 0.29) is 0 Å². The highest BCUT2D eigenvalue weighted by molar-refractivity contribution is 4.93. The predicted octanol–water partition coefficient (Wildman–Crippen LogP) is 3.79. The molecule has 94 valence electrons. The molecule has 1 saturated carbocycles. The van der Waals surface area contributed by atoms with Crippen LogP contribution in [0.1, 0.15) is 53.4 Å². The smallest absolute Gasteiger partial charge is 0.00385 e. The predicted molar refractivity (Wildman–Crippen MR) is 70.5 cm³/mol. The van der Waals surface area contributed by atoms with Gasteiger partial charge < -0.3 is 4.90 Å². The zero-order valence-electron chi connectivity index (χ0n) is 11.6. The van der Waals surface area contributed by atoms with E-state index in [2.05, 4.69) is 32.6 Å². The Morgan fingerprint density at radius 1 is 1.06 bits per heavy atom. The lowest BCUT2D eigenvalue weighted by molar-refractivity contribution is 0.137. The molecule has 1 aliphatic carbocycles. The van der Waals surface area contributed by atoms with E-state index in [9.17, 15) is 0 Å². The number of rotatable bonds is 4. The van der Waals surface area contributed by atoms with Gasteiger partial charge in [-0.1, -0.05) is 13.8 Å². The van der Waals surface area contributed by atoms with Crippen molar-refractivity contribution in [2.45, 2.75) is 59.4 Å². The van der Waals surface area contributed by atoms with Crippen molar-refractivity contribution in [1.82, 2.24) is 4.90 Å². The van der Waals surface area contributed by atoms with Crippen molar-refractivity contribution in [3.05, 3.63) is 0 Å². The molecular formula is C15H29N. The standard InChI is InChI=1S/C15H29N/c1-11(2)9-14-10-15(14)13-5-7-16(8-6-13)12(3)4/h11-15H,5-10H2,1-4H3/t14-,15-/m1/s1. The van der Waals surface area contributed by atoms with Crippen molar-refractivity contribution < 1.29 is 0 Å². The van der Waals surface area contributed by atoms with Gasteiger partial charge in [0.2, 0.25) is 0 Å². The highest BCUT2D eigenvalue weighted by atomic mass is 15.1. The molecule has 16 heavy (non-hydrogen) atoms. The minimum atomic E-state index is 0.756. The quantitative estimate of drug-likeness (QED) is 0.701. The summed E-state index contributed by atoms with van der Waals surface area (Å²) in [5.74, 6) is 4.18. The molecule has 1 heterocycles. The van der Waals surface area contributed by atoms with Crippen LogP contribution in [0.4, 0.5) is 0 Å². The molecule has 0 aromatic rings. The maximum Gasteiger partial charge on any atom is 0.00385 e. The maximum absolute atomic E-state index is 2.65. The molecule has 1 saturated heterocycles. The normalized spacial score (nSPS) is 32.6. The molecule has 2 atom stereocenters. The third-order valence-electron chi connectivity index (χ3n) is 4.66. The first kappa shape index (κ1) is 12.4. The van der Waals surface area contributed by atoms with Crippen molar-refractivity contribution in [2.75, 3.05) is 13.1 Å². The van der Waals surface area contributed by atoms with Gasteiger partial charge in [-0.25, -0.2) is 0 Å². The molecule has 1 aliphatic heterocycles. The van der Waals surface area contributed by atoms with E-state index in [0.717, 1.165) is 29.7 Å². The molecule has 0 radical (unpaired) electrons. The van der Waals surface area contributed by atoms with Gasteiger partial charge in [0.15, 0.2) is 0 Å². The number of piperidine rings is 1. The Hall–Kier alpha value is -0.0400. The molecule has 2 rings (SSSR count). The summed E-state index contributed by atoms with van der Waals surface area (Å²) in [6.07, 6.45) is 5.97. The fraction of sp³-hybridized carbons (Fsp3) is 1.00. The lowest BCUT2D eigenvalue weighted by Gasteiger charge is -2.35. The lowest BCUT2D eigenvalue weighted by atomic mass is 9.89. The summed E-state index contributed by atoms with van der Waals surface area (Å²) in [7, 11) is 0. The van der Waals surface area contributed by atoms with Crippen LogP contribution in [0.25, 0.3) is 0 Å². The summed E-state index contributed by atoms with van der Waals surface area (Å²) < 4.78 is 0. The third kappa shape index (κ3) is 3.00. The molecule has 0 aromatic carbocycles. The Balaban J connectivity index is 1.71. The van der Waals surface area contributed by atoms with Crippen LogP contribution in [0.5, 0.6) is 0 Å². The van der Waals surface area contributed by atoms with Crippen LogP contribution in [-0.4, -0.2) is 24.0 Å². The Bertz CT molecular complexity index is 213. The molecule has 0 aromatic heterocycles. The molecule has 0 unspecified atom stereocenters. The summed E-state index contributed by atoms with van der Waals surface area (Å²) in [5, 5.41) is 0. The molecular weight excluding hydrogens is 194 g/mol. The lowest BCUT2D eigenvalue weighted by Crippen LogP contribution is -2.39. The van der Waals surface area contributed by atoms with Gasteiger partial charge in [-0.05, 0) is 76.3 Å². The van der Waals surface area contributed by atoms with Crippen molar-refractivity contribution in [2.24, 2.45) is 23.7 Å². The molecule has 0 amide bonds. The molecule has 1 nitrogen and oxygen atoms in total. The number of hydrogen-bond donors (Lipinski definition) is 0. The summed E-state index contributed by atoms with van der Waals surface area (Å²) in [4.78, 5) is 2.65. The summed E-state index contributed by atoms with van der Waals surface area (Å²) in [5.41, 5.74) is 0. The Kier molecular flexibility index (Phi) is 3.94. The molecule has 0 spiro atoms. The van der Waals surface area contributed by atoms with Crippen LogP contribution < -0.4 is 0 Å². The highest BCUT2D eigenvalue weighted by Crippen LogP contribution is 2.50. The first-order valence-electron chi connectivity index (χ1n) is 7.32. The van der Waals surface area contributed by atoms with Crippen LogP contribution >= 0.6 is 0 Å². The van der Waals surface area contributed by atoms with E-state index in [0.29, 0.717) is 0 Å². The van der Waals surface area contributed by atoms with E-state index in [1.165, 1.54) is 32.4 Å². The number of nitrogens with zero attached hydrogens (tertiary/aromatic N) is 1. The second-order valence-corrected chi connectivity index (χ2v) is 6.76. The first-order chi connectivity index (χ1) is 7.58. The molecule has 0 bridgehead atoms. The van der Waals surface area contributed by atoms with E-state index in [1.807, 2.05) is 0 Å². The van der Waals surface area contributed by atoms with Gasteiger partial charge >= 0.3 is 0 Å². The van der Waals surface area contributed by atoms with Crippen LogP contribution in [0, 0.1) is 23.7 Å². The molecule has 2 aliphatic rings. The van der Waals surface area contributed by atoms with Crippen LogP contribution in [0.15, 0.2) is 0 Å². The zero-order chi connectivity index (χ0) is 11.7. The van der Waals surface area contributed by atoms with E-state index in [4.69, 9.17) is 0 Å². The zero-order valence-corrected chi connectivity index (χ0v) is 11.6. The topological polar surface area (TPSA) is 3.24 Å². The van der Waals surface area contributed by atoms with Crippen molar-refractivity contribution in [1.29, 1.82) is 0 Å². The number of hydrogen-bond acceptors (Lipinski definition) is 1. The van der Waals surface area contributed by atoms with E-state index in [1.54, 1.807) is 6.42 Å². The summed E-state index contributed by atoms with van der Waals surface area (Å²) in [6, 6.07) is 0.756. The minimum absolute atomic E-state index is 0.756. The monoisotopic (exact) mass is 223 g/mol. The van der Waals surface area contributed by atoms with Crippen LogP contribution in [0.3, 0.4) is 0 Å². The second-order valence-electron chi connectivity index (χ2n) is 6.76. The van der Waals surface area contributed by atoms with Gasteiger partial charge in [-0.2, -0.15) is 0 Å². The summed E-state index contributed by atoms with van der Waals surface area (Å²) in [6.45, 7) is 12.1. The molecule has 0 N–H and O–H groups in total. The van der Waals surface area contributed by atoms with Crippen LogP contribution in [-0.2, 0) is 0 Å². The fourth-order valence-electron chi connectivity index (χ4n) is 3.59. The Morgan fingerprint density at radius 2 is 1.69 bits per heavy atom. The minimum Gasteiger partial charge on any atom is -0.301 e. The van der Waals surface area contributed by atoms with Gasteiger partial charge in [-0.3, -0.25) is 0 Å². The van der Waals surface area contributed by atoms with Gasteiger partial charge in [0.25, 0.3) is 0 Å². The highest BCUT2D eigenvalue weighted by Gasteiger charge is 2.43. The van der Waals surface area contributed by atoms with Crippen molar-refractivity contribution in [3.63, 3.8) is 0 Å². The van der Waals surface area contributed by atoms with Crippen molar-refractivity contribution >= 4 is 0 Å². The largest absolute Gasteiger partial charge is 0.301 e. The van der Waals surface area contributed by atoms with Crippen molar-refractivity contribution in [3.8, 4) is 0 Å². The fourth-order valence-corrected chi connectivity index (χ4v) is 3.59. The second kappa shape index (κ2) is 5.08. The first-order valence-corrected chi connectivity index (χ1v) is 7.32. The summed E-state index contributed by atoms with van der Waals surface area (Å²) >= 11 is 0. The average Bonchev–Trinajstić information content (AvgIpc) is 2.96. The Labute approximate surface area is 102 Å². The van der Waals surface area contributed by atoms with Gasteiger partial charge in [-0.15, -0.1) is 0 Å². The molecule has 1 heteroatoms.